The molecule has 0 saturated carbocycles. The van der Waals surface area contributed by atoms with Crippen molar-refractivity contribution in [2.24, 2.45) is 0 Å². The van der Waals surface area contributed by atoms with Gasteiger partial charge in [0.15, 0.2) is 0 Å². The lowest BCUT2D eigenvalue weighted by molar-refractivity contribution is 0.634. The van der Waals surface area contributed by atoms with Gasteiger partial charge in [-0.2, -0.15) is 14.6 Å². The Morgan fingerprint density at radius 2 is 1.73 bits per heavy atom. The molecular formula is C22H26ClN7. The number of nitrogens with zero attached hydrogens (tertiary/aromatic N) is 5. The first kappa shape index (κ1) is 20.3. The summed E-state index contributed by atoms with van der Waals surface area (Å²) in [4.78, 5) is 12.9. The lowest BCUT2D eigenvalue weighted by Gasteiger charge is -2.10. The molecule has 3 heterocycles. The van der Waals surface area contributed by atoms with Crippen molar-refractivity contribution in [1.82, 2.24) is 24.6 Å². The number of pyridine rings is 1. The van der Waals surface area contributed by atoms with Crippen molar-refractivity contribution in [3.05, 3.63) is 53.6 Å². The number of anilines is 2. The van der Waals surface area contributed by atoms with Gasteiger partial charge in [-0.05, 0) is 44.0 Å². The SMILES string of the molecule is Cc1cc(NCCCCCCCNc2ccnc3cc(Cl)ccc23)n2ncnc2n1. The summed E-state index contributed by atoms with van der Waals surface area (Å²) in [5.41, 5.74) is 2.98. The number of hydrogen-bond acceptors (Lipinski definition) is 6. The molecule has 0 saturated heterocycles. The molecule has 0 fully saturated rings. The average molecular weight is 424 g/mol. The third-order valence-corrected chi connectivity index (χ3v) is 5.29. The van der Waals surface area contributed by atoms with Crippen molar-refractivity contribution in [3.8, 4) is 0 Å². The number of hydrogen-bond donors (Lipinski definition) is 2. The Morgan fingerprint density at radius 1 is 0.933 bits per heavy atom. The summed E-state index contributed by atoms with van der Waals surface area (Å²) in [6.45, 7) is 3.85. The molecule has 156 valence electrons. The van der Waals surface area contributed by atoms with Gasteiger partial charge in [-0.25, -0.2) is 4.98 Å². The molecule has 0 unspecified atom stereocenters. The van der Waals surface area contributed by atoms with Crippen LogP contribution in [0.25, 0.3) is 16.7 Å². The van der Waals surface area contributed by atoms with Crippen LogP contribution in [-0.2, 0) is 0 Å². The maximum Gasteiger partial charge on any atom is 0.254 e. The predicted octanol–water partition coefficient (Wildman–Crippen LogP) is 5.11. The zero-order valence-corrected chi connectivity index (χ0v) is 17.9. The van der Waals surface area contributed by atoms with Crippen LogP contribution in [0.3, 0.4) is 0 Å². The largest absolute Gasteiger partial charge is 0.384 e. The van der Waals surface area contributed by atoms with Crippen molar-refractivity contribution < 1.29 is 0 Å². The molecule has 2 N–H and O–H groups in total. The zero-order valence-electron chi connectivity index (χ0n) is 17.1. The van der Waals surface area contributed by atoms with Gasteiger partial charge in [0.2, 0.25) is 0 Å². The lowest BCUT2D eigenvalue weighted by atomic mass is 10.1. The van der Waals surface area contributed by atoms with Crippen LogP contribution in [0.4, 0.5) is 11.5 Å². The molecule has 0 amide bonds. The van der Waals surface area contributed by atoms with E-state index in [0.717, 1.165) is 54.0 Å². The molecule has 7 nitrogen and oxygen atoms in total. The molecular weight excluding hydrogens is 398 g/mol. The molecule has 8 heteroatoms. The summed E-state index contributed by atoms with van der Waals surface area (Å²) in [6.07, 6.45) is 9.27. The smallest absolute Gasteiger partial charge is 0.254 e. The molecule has 4 rings (SSSR count). The van der Waals surface area contributed by atoms with E-state index in [9.17, 15) is 0 Å². The minimum Gasteiger partial charge on any atom is -0.384 e. The van der Waals surface area contributed by atoms with Crippen molar-refractivity contribution in [3.63, 3.8) is 0 Å². The maximum atomic E-state index is 6.06. The molecule has 0 aliphatic rings. The van der Waals surface area contributed by atoms with Gasteiger partial charge in [0.25, 0.3) is 5.78 Å². The van der Waals surface area contributed by atoms with Gasteiger partial charge in [-0.15, -0.1) is 0 Å². The van der Waals surface area contributed by atoms with E-state index in [2.05, 4.69) is 30.7 Å². The van der Waals surface area contributed by atoms with E-state index in [1.807, 2.05) is 43.5 Å². The molecule has 4 aromatic rings. The van der Waals surface area contributed by atoms with Crippen LogP contribution in [0.1, 0.15) is 37.8 Å². The Hall–Kier alpha value is -2.93. The minimum absolute atomic E-state index is 0.634. The first-order chi connectivity index (χ1) is 14.7. The highest BCUT2D eigenvalue weighted by atomic mass is 35.5. The fourth-order valence-corrected chi connectivity index (χ4v) is 3.72. The fourth-order valence-electron chi connectivity index (χ4n) is 3.55. The molecule has 30 heavy (non-hydrogen) atoms. The van der Waals surface area contributed by atoms with Crippen LogP contribution >= 0.6 is 11.6 Å². The van der Waals surface area contributed by atoms with E-state index in [0.29, 0.717) is 10.8 Å². The Bertz CT molecular complexity index is 1130. The molecule has 0 bridgehead atoms. The second kappa shape index (κ2) is 9.71. The lowest BCUT2D eigenvalue weighted by Crippen LogP contribution is -2.08. The van der Waals surface area contributed by atoms with E-state index in [1.165, 1.54) is 25.6 Å². The van der Waals surface area contributed by atoms with Crippen LogP contribution < -0.4 is 10.6 Å². The van der Waals surface area contributed by atoms with E-state index < -0.39 is 0 Å². The van der Waals surface area contributed by atoms with Crippen LogP contribution in [0.5, 0.6) is 0 Å². The second-order valence-corrected chi connectivity index (χ2v) is 7.83. The van der Waals surface area contributed by atoms with Crippen LogP contribution in [0.15, 0.2) is 42.9 Å². The molecule has 0 atom stereocenters. The minimum atomic E-state index is 0.634. The van der Waals surface area contributed by atoms with E-state index in [-0.39, 0.29) is 0 Å². The summed E-state index contributed by atoms with van der Waals surface area (Å²) in [5, 5.41) is 13.0. The predicted molar refractivity (Wildman–Crippen MR) is 122 cm³/mol. The van der Waals surface area contributed by atoms with Gasteiger partial charge in [-0.1, -0.05) is 30.9 Å². The number of fused-ring (bicyclic) bond motifs is 2. The number of halogens is 1. The molecule has 3 aromatic heterocycles. The zero-order chi connectivity index (χ0) is 20.8. The van der Waals surface area contributed by atoms with Gasteiger partial charge in [-0.3, -0.25) is 4.98 Å². The third-order valence-electron chi connectivity index (χ3n) is 5.06. The normalized spacial score (nSPS) is 11.3. The van der Waals surface area contributed by atoms with Crippen molar-refractivity contribution in [2.75, 3.05) is 23.7 Å². The monoisotopic (exact) mass is 423 g/mol. The van der Waals surface area contributed by atoms with Crippen molar-refractivity contribution >= 4 is 39.8 Å². The highest BCUT2D eigenvalue weighted by molar-refractivity contribution is 6.31. The quantitative estimate of drug-likeness (QED) is 0.345. The number of aromatic nitrogens is 5. The Morgan fingerprint density at radius 3 is 2.60 bits per heavy atom. The summed E-state index contributed by atoms with van der Waals surface area (Å²) >= 11 is 6.06. The summed E-state index contributed by atoms with van der Waals surface area (Å²) in [5.74, 6) is 1.58. The van der Waals surface area contributed by atoms with E-state index in [1.54, 1.807) is 4.52 Å². The van der Waals surface area contributed by atoms with E-state index in [4.69, 9.17) is 11.6 Å². The summed E-state index contributed by atoms with van der Waals surface area (Å²) in [7, 11) is 0. The molecule has 1 aromatic carbocycles. The highest BCUT2D eigenvalue weighted by Crippen LogP contribution is 2.24. The van der Waals surface area contributed by atoms with Gasteiger partial charge < -0.3 is 10.6 Å². The average Bonchev–Trinajstić information content (AvgIpc) is 3.20. The Balaban J connectivity index is 1.13. The van der Waals surface area contributed by atoms with Crippen molar-refractivity contribution in [2.45, 2.75) is 39.0 Å². The molecule has 0 spiro atoms. The second-order valence-electron chi connectivity index (χ2n) is 7.40. The standard InChI is InChI=1S/C22H26ClN7/c1-16-13-21(30-22(29-16)27-15-28-30)26-11-6-4-2-3-5-10-24-19-9-12-25-20-14-17(23)7-8-18(19)20/h7-9,12-15,26H,2-6,10-11H2,1H3,(H,24,25). The van der Waals surface area contributed by atoms with Gasteiger partial charge in [0, 0.05) is 47.1 Å². The number of aryl methyl sites for hydroxylation is 1. The number of benzene rings is 1. The van der Waals surface area contributed by atoms with Crippen molar-refractivity contribution in [1.29, 1.82) is 0 Å². The molecule has 0 radical (unpaired) electrons. The number of unbranched alkanes of at least 4 members (excludes halogenated alkanes) is 4. The van der Waals surface area contributed by atoms with E-state index >= 15 is 0 Å². The molecule has 0 aliphatic heterocycles. The van der Waals surface area contributed by atoms with Crippen LogP contribution in [0, 0.1) is 6.92 Å². The topological polar surface area (TPSA) is 80.0 Å². The fraction of sp³-hybridized carbons (Fsp3) is 0.364. The molecule has 0 aliphatic carbocycles. The third kappa shape index (κ3) is 4.97. The van der Waals surface area contributed by atoms with Crippen LogP contribution in [0.2, 0.25) is 5.02 Å². The van der Waals surface area contributed by atoms with Gasteiger partial charge >= 0.3 is 0 Å². The summed E-state index contributed by atoms with van der Waals surface area (Å²) in [6, 6.07) is 9.86. The van der Waals surface area contributed by atoms with Gasteiger partial charge in [0.1, 0.15) is 12.1 Å². The maximum absolute atomic E-state index is 6.06. The summed E-state index contributed by atoms with van der Waals surface area (Å²) < 4.78 is 1.75. The Kier molecular flexibility index (Phi) is 6.59. The highest BCUT2D eigenvalue weighted by Gasteiger charge is 2.05. The Labute approximate surface area is 180 Å². The number of nitrogens with one attached hydrogen (secondary N) is 2. The number of rotatable bonds is 10. The first-order valence-corrected chi connectivity index (χ1v) is 10.8. The van der Waals surface area contributed by atoms with Gasteiger partial charge in [0.05, 0.1) is 5.52 Å². The first-order valence-electron chi connectivity index (χ1n) is 10.4. The van der Waals surface area contributed by atoms with Crippen LogP contribution in [-0.4, -0.2) is 37.7 Å².